The zero-order valence-electron chi connectivity index (χ0n) is 7.18. The Bertz CT molecular complexity index is 444. The highest BCUT2D eigenvalue weighted by atomic mass is 79.9. The summed E-state index contributed by atoms with van der Waals surface area (Å²) in [6.45, 7) is 0. The van der Waals surface area contributed by atoms with Gasteiger partial charge < -0.3 is 5.73 Å². The van der Waals surface area contributed by atoms with Gasteiger partial charge in [-0.2, -0.15) is 0 Å². The number of rotatable bonds is 1. The molecule has 2 rings (SSSR count). The molecule has 0 unspecified atom stereocenters. The summed E-state index contributed by atoms with van der Waals surface area (Å²) in [6.07, 6.45) is 1.71. The molecule has 2 aromatic rings. The van der Waals surface area contributed by atoms with Crippen LogP contribution >= 0.6 is 15.9 Å². The molecule has 0 aliphatic heterocycles. The van der Waals surface area contributed by atoms with Crippen molar-refractivity contribution < 1.29 is 0 Å². The fourth-order valence-corrected chi connectivity index (χ4v) is 1.31. The largest absolute Gasteiger partial charge is 0.381 e. The van der Waals surface area contributed by atoms with Gasteiger partial charge in [-0.1, -0.05) is 6.07 Å². The van der Waals surface area contributed by atoms with Crippen molar-refractivity contribution in [2.45, 2.75) is 0 Å². The SMILES string of the molecule is Nc1nnc(-c2ccccn2)cc1Br. The number of anilines is 1. The fourth-order valence-electron chi connectivity index (χ4n) is 1.02. The van der Waals surface area contributed by atoms with Crippen molar-refractivity contribution in [2.75, 3.05) is 5.73 Å². The number of pyridine rings is 1. The van der Waals surface area contributed by atoms with Crippen molar-refractivity contribution in [3.8, 4) is 11.4 Å². The van der Waals surface area contributed by atoms with E-state index in [1.807, 2.05) is 18.2 Å². The third-order valence-electron chi connectivity index (χ3n) is 1.70. The zero-order valence-corrected chi connectivity index (χ0v) is 8.77. The van der Waals surface area contributed by atoms with Gasteiger partial charge in [-0.25, -0.2) is 0 Å². The second-order valence-electron chi connectivity index (χ2n) is 2.68. The fraction of sp³-hybridized carbons (Fsp3) is 0. The molecule has 2 N–H and O–H groups in total. The third-order valence-corrected chi connectivity index (χ3v) is 2.34. The summed E-state index contributed by atoms with van der Waals surface area (Å²) < 4.78 is 0.730. The van der Waals surface area contributed by atoms with Crippen LogP contribution in [0.1, 0.15) is 0 Å². The first-order valence-corrected chi connectivity index (χ1v) is 4.77. The number of halogens is 1. The van der Waals surface area contributed by atoms with E-state index in [1.165, 1.54) is 0 Å². The lowest BCUT2D eigenvalue weighted by Gasteiger charge is -2.00. The lowest BCUT2D eigenvalue weighted by molar-refractivity contribution is 1.03. The van der Waals surface area contributed by atoms with Crippen LogP contribution in [0, 0.1) is 0 Å². The molecule has 4 nitrogen and oxygen atoms in total. The Kier molecular flexibility index (Phi) is 2.41. The molecule has 2 aromatic heterocycles. The van der Waals surface area contributed by atoms with Crippen molar-refractivity contribution in [1.29, 1.82) is 0 Å². The van der Waals surface area contributed by atoms with Gasteiger partial charge in [0.1, 0.15) is 5.69 Å². The van der Waals surface area contributed by atoms with Crippen molar-refractivity contribution >= 4 is 21.7 Å². The van der Waals surface area contributed by atoms with Gasteiger partial charge in [0.15, 0.2) is 5.82 Å². The van der Waals surface area contributed by atoms with Gasteiger partial charge in [0, 0.05) is 6.20 Å². The molecule has 0 saturated heterocycles. The average molecular weight is 251 g/mol. The monoisotopic (exact) mass is 250 g/mol. The van der Waals surface area contributed by atoms with E-state index in [1.54, 1.807) is 12.3 Å². The third kappa shape index (κ3) is 1.72. The summed E-state index contributed by atoms with van der Waals surface area (Å²) in [6, 6.07) is 7.41. The predicted octanol–water partition coefficient (Wildman–Crippen LogP) is 1.88. The minimum Gasteiger partial charge on any atom is -0.381 e. The van der Waals surface area contributed by atoms with E-state index >= 15 is 0 Å². The van der Waals surface area contributed by atoms with Gasteiger partial charge in [0.25, 0.3) is 0 Å². The minimum atomic E-state index is 0.379. The molecular weight excluding hydrogens is 244 g/mol. The van der Waals surface area contributed by atoms with Crippen molar-refractivity contribution in [3.05, 3.63) is 34.9 Å². The summed E-state index contributed by atoms with van der Waals surface area (Å²) in [5.41, 5.74) is 7.00. The lowest BCUT2D eigenvalue weighted by atomic mass is 10.2. The molecule has 0 radical (unpaired) electrons. The van der Waals surface area contributed by atoms with E-state index in [0.29, 0.717) is 11.5 Å². The number of nitrogens with two attached hydrogens (primary N) is 1. The average Bonchev–Trinajstić information content (AvgIpc) is 2.23. The quantitative estimate of drug-likeness (QED) is 0.840. The van der Waals surface area contributed by atoms with E-state index in [0.717, 1.165) is 10.2 Å². The highest BCUT2D eigenvalue weighted by Gasteiger charge is 2.03. The van der Waals surface area contributed by atoms with Crippen LogP contribution in [0.15, 0.2) is 34.9 Å². The molecule has 0 fully saturated rings. The highest BCUT2D eigenvalue weighted by Crippen LogP contribution is 2.21. The standard InChI is InChI=1S/C9H7BrN4/c10-6-5-8(13-14-9(6)11)7-3-1-2-4-12-7/h1-5H,(H2,11,14). The Morgan fingerprint density at radius 3 is 2.64 bits per heavy atom. The van der Waals surface area contributed by atoms with E-state index in [2.05, 4.69) is 31.1 Å². The first-order valence-electron chi connectivity index (χ1n) is 3.97. The topological polar surface area (TPSA) is 64.7 Å². The van der Waals surface area contributed by atoms with Crippen molar-refractivity contribution in [2.24, 2.45) is 0 Å². The predicted molar refractivity (Wildman–Crippen MR) is 57.4 cm³/mol. The number of nitrogen functional groups attached to an aromatic ring is 1. The summed E-state index contributed by atoms with van der Waals surface area (Å²) in [7, 11) is 0. The molecule has 2 heterocycles. The number of hydrogen-bond acceptors (Lipinski definition) is 4. The van der Waals surface area contributed by atoms with Gasteiger partial charge in [-0.05, 0) is 34.1 Å². The van der Waals surface area contributed by atoms with E-state index in [9.17, 15) is 0 Å². The second kappa shape index (κ2) is 3.71. The minimum absolute atomic E-state index is 0.379. The van der Waals surface area contributed by atoms with Crippen LogP contribution in [-0.4, -0.2) is 15.2 Å². The highest BCUT2D eigenvalue weighted by molar-refractivity contribution is 9.10. The molecule has 0 aromatic carbocycles. The molecular formula is C9H7BrN4. The number of nitrogens with zero attached hydrogens (tertiary/aromatic N) is 3. The maximum atomic E-state index is 5.53. The molecule has 0 aliphatic carbocycles. The van der Waals surface area contributed by atoms with E-state index < -0.39 is 0 Å². The van der Waals surface area contributed by atoms with Gasteiger partial charge in [-0.15, -0.1) is 10.2 Å². The zero-order chi connectivity index (χ0) is 9.97. The van der Waals surface area contributed by atoms with Gasteiger partial charge in [0.2, 0.25) is 0 Å². The molecule has 0 amide bonds. The first kappa shape index (κ1) is 9.08. The Morgan fingerprint density at radius 2 is 2.00 bits per heavy atom. The first-order chi connectivity index (χ1) is 6.77. The van der Waals surface area contributed by atoms with E-state index in [-0.39, 0.29) is 0 Å². The number of aromatic nitrogens is 3. The van der Waals surface area contributed by atoms with Crippen molar-refractivity contribution in [1.82, 2.24) is 15.2 Å². The normalized spacial score (nSPS) is 10.1. The van der Waals surface area contributed by atoms with Gasteiger partial charge in [-0.3, -0.25) is 4.98 Å². The van der Waals surface area contributed by atoms with Crippen LogP contribution in [0.25, 0.3) is 11.4 Å². The van der Waals surface area contributed by atoms with E-state index in [4.69, 9.17) is 5.73 Å². The molecule has 0 spiro atoms. The van der Waals surface area contributed by atoms with Crippen LogP contribution in [0.5, 0.6) is 0 Å². The Balaban J connectivity index is 2.48. The van der Waals surface area contributed by atoms with Crippen LogP contribution in [0.3, 0.4) is 0 Å². The molecule has 70 valence electrons. The van der Waals surface area contributed by atoms with Gasteiger partial charge >= 0.3 is 0 Å². The summed E-state index contributed by atoms with van der Waals surface area (Å²) in [5.74, 6) is 0.379. The number of hydrogen-bond donors (Lipinski definition) is 1. The molecule has 0 bridgehead atoms. The maximum absolute atomic E-state index is 5.53. The Hall–Kier alpha value is -1.49. The molecule has 0 saturated carbocycles. The summed E-state index contributed by atoms with van der Waals surface area (Å²) in [4.78, 5) is 4.16. The van der Waals surface area contributed by atoms with Crippen LogP contribution < -0.4 is 5.73 Å². The van der Waals surface area contributed by atoms with Crippen LogP contribution in [-0.2, 0) is 0 Å². The summed E-state index contributed by atoms with van der Waals surface area (Å²) in [5, 5.41) is 7.74. The Labute approximate surface area is 89.3 Å². The van der Waals surface area contributed by atoms with Gasteiger partial charge in [0.05, 0.1) is 10.2 Å². The van der Waals surface area contributed by atoms with Crippen LogP contribution in [0.2, 0.25) is 0 Å². The molecule has 14 heavy (non-hydrogen) atoms. The molecule has 0 atom stereocenters. The van der Waals surface area contributed by atoms with Crippen molar-refractivity contribution in [3.63, 3.8) is 0 Å². The maximum Gasteiger partial charge on any atom is 0.160 e. The molecule has 0 aliphatic rings. The lowest BCUT2D eigenvalue weighted by Crippen LogP contribution is -1.96. The molecule has 5 heteroatoms. The Morgan fingerprint density at radius 1 is 1.14 bits per heavy atom. The smallest absolute Gasteiger partial charge is 0.160 e. The summed E-state index contributed by atoms with van der Waals surface area (Å²) >= 11 is 3.29. The second-order valence-corrected chi connectivity index (χ2v) is 3.53. The van der Waals surface area contributed by atoms with Crippen LogP contribution in [0.4, 0.5) is 5.82 Å².